The van der Waals surface area contributed by atoms with Crippen molar-refractivity contribution in [1.82, 2.24) is 9.80 Å². The molecule has 7 nitrogen and oxygen atoms in total. The number of aromatic hydroxyl groups is 1. The average molecular weight is 467 g/mol. The Bertz CT molecular complexity index is 1190. The lowest BCUT2D eigenvalue weighted by Gasteiger charge is -2.60. The van der Waals surface area contributed by atoms with Crippen LogP contribution >= 0.6 is 0 Å². The molecule has 182 valence electrons. The van der Waals surface area contributed by atoms with Gasteiger partial charge in [0.25, 0.3) is 0 Å². The van der Waals surface area contributed by atoms with E-state index in [2.05, 4.69) is 43.7 Å². The van der Waals surface area contributed by atoms with Crippen LogP contribution < -0.4 is 14.2 Å². The van der Waals surface area contributed by atoms with Crippen molar-refractivity contribution < 1.29 is 24.4 Å². The second-order valence-electron chi connectivity index (χ2n) is 10.3. The van der Waals surface area contributed by atoms with E-state index in [1.807, 2.05) is 6.92 Å². The summed E-state index contributed by atoms with van der Waals surface area (Å²) in [6, 6.07) is 2.02. The Labute approximate surface area is 200 Å². The molecule has 0 spiro atoms. The van der Waals surface area contributed by atoms with Crippen molar-refractivity contribution in [1.29, 1.82) is 0 Å². The van der Waals surface area contributed by atoms with Gasteiger partial charge in [0.2, 0.25) is 6.79 Å². The number of rotatable bonds is 2. The van der Waals surface area contributed by atoms with Gasteiger partial charge in [0.15, 0.2) is 23.0 Å². The first-order valence-corrected chi connectivity index (χ1v) is 12.3. The van der Waals surface area contributed by atoms with Gasteiger partial charge in [0.1, 0.15) is 6.23 Å². The molecule has 4 heterocycles. The molecule has 0 radical (unpaired) electrons. The number of piperazine rings is 1. The SMILES string of the molecule is CC[C@H]1c2c(c(C)c(C)c3c2OCO3)CC2[C@H]3c4c(cc(C)c(OC)c4O)C[C@@H](C(O)N21)N3C. The van der Waals surface area contributed by atoms with E-state index in [4.69, 9.17) is 14.2 Å². The monoisotopic (exact) mass is 466 g/mol. The number of fused-ring (bicyclic) bond motifs is 9. The van der Waals surface area contributed by atoms with Crippen LogP contribution in [0.1, 0.15) is 64.4 Å². The Kier molecular flexibility index (Phi) is 4.86. The number of phenolic OH excluding ortho intramolecular Hbond substituents is 1. The summed E-state index contributed by atoms with van der Waals surface area (Å²) in [5, 5.41) is 23.2. The third-order valence-corrected chi connectivity index (χ3v) is 8.88. The Hall–Kier alpha value is -2.48. The minimum Gasteiger partial charge on any atom is -0.504 e. The van der Waals surface area contributed by atoms with Gasteiger partial charge in [-0.2, -0.15) is 0 Å². The fraction of sp³-hybridized carbons (Fsp3) is 0.556. The Morgan fingerprint density at radius 1 is 1.06 bits per heavy atom. The standard InChI is InChI=1S/C27H34N2O5/c1-7-17-21-16(13(3)14(4)25-26(21)34-11-33-25)10-18-22-20-15(8-12(2)24(32-6)23(20)30)9-19(28(22)5)27(31)29(17)18/h8,17-19,22,27,30-31H,7,9-11H2,1-6H3/t17-,18?,19-,22-,27?/m0/s1. The number of likely N-dealkylation sites (N-methyl/N-ethyl adjacent to an activating group) is 1. The number of methoxy groups -OCH3 is 1. The topological polar surface area (TPSA) is 74.6 Å². The number of hydrogen-bond donors (Lipinski definition) is 2. The first kappa shape index (κ1) is 22.0. The maximum absolute atomic E-state index is 11.8. The molecular formula is C27H34N2O5. The molecule has 0 aromatic heterocycles. The molecule has 0 saturated carbocycles. The molecule has 2 bridgehead atoms. The van der Waals surface area contributed by atoms with E-state index < -0.39 is 6.23 Å². The fourth-order valence-corrected chi connectivity index (χ4v) is 7.25. The summed E-state index contributed by atoms with van der Waals surface area (Å²) in [6.07, 6.45) is 1.67. The van der Waals surface area contributed by atoms with Gasteiger partial charge in [-0.1, -0.05) is 13.0 Å². The van der Waals surface area contributed by atoms with Crippen LogP contribution in [-0.2, 0) is 12.8 Å². The zero-order valence-corrected chi connectivity index (χ0v) is 20.8. The molecular weight excluding hydrogens is 432 g/mol. The summed E-state index contributed by atoms with van der Waals surface area (Å²) in [5.74, 6) is 2.48. The third-order valence-electron chi connectivity index (χ3n) is 8.88. The van der Waals surface area contributed by atoms with Crippen molar-refractivity contribution in [3.05, 3.63) is 45.0 Å². The van der Waals surface area contributed by atoms with Crippen LogP contribution in [0.4, 0.5) is 0 Å². The largest absolute Gasteiger partial charge is 0.504 e. The van der Waals surface area contributed by atoms with Gasteiger partial charge < -0.3 is 24.4 Å². The summed E-state index contributed by atoms with van der Waals surface area (Å²) >= 11 is 0. The van der Waals surface area contributed by atoms with Gasteiger partial charge in [-0.3, -0.25) is 9.80 Å². The maximum Gasteiger partial charge on any atom is 0.231 e. The maximum atomic E-state index is 11.8. The summed E-state index contributed by atoms with van der Waals surface area (Å²) in [6.45, 7) is 8.65. The lowest BCUT2D eigenvalue weighted by atomic mass is 9.72. The van der Waals surface area contributed by atoms with Crippen molar-refractivity contribution in [3.63, 3.8) is 0 Å². The Balaban J connectivity index is 1.58. The van der Waals surface area contributed by atoms with Gasteiger partial charge >= 0.3 is 0 Å². The quantitative estimate of drug-likeness (QED) is 0.700. The molecule has 2 N–H and O–H groups in total. The molecule has 1 fully saturated rings. The predicted octanol–water partition coefficient (Wildman–Crippen LogP) is 3.66. The van der Waals surface area contributed by atoms with Crippen LogP contribution in [0.2, 0.25) is 0 Å². The Morgan fingerprint density at radius 3 is 2.50 bits per heavy atom. The predicted molar refractivity (Wildman–Crippen MR) is 128 cm³/mol. The number of nitrogens with zero attached hydrogens (tertiary/aromatic N) is 2. The van der Waals surface area contributed by atoms with Crippen LogP contribution in [0.3, 0.4) is 0 Å². The van der Waals surface area contributed by atoms with Crippen LogP contribution in [0, 0.1) is 20.8 Å². The van der Waals surface area contributed by atoms with Gasteiger partial charge in [-0.05, 0) is 74.9 Å². The van der Waals surface area contributed by atoms with Crippen molar-refractivity contribution in [2.45, 2.75) is 77.4 Å². The number of phenols is 1. The van der Waals surface area contributed by atoms with Crippen molar-refractivity contribution >= 4 is 0 Å². The first-order chi connectivity index (χ1) is 16.3. The first-order valence-electron chi connectivity index (χ1n) is 12.3. The van der Waals surface area contributed by atoms with E-state index >= 15 is 0 Å². The fourth-order valence-electron chi connectivity index (χ4n) is 7.25. The lowest BCUT2D eigenvalue weighted by Crippen LogP contribution is -2.68. The van der Waals surface area contributed by atoms with Crippen molar-refractivity contribution in [2.24, 2.45) is 0 Å². The molecule has 4 aliphatic rings. The summed E-state index contributed by atoms with van der Waals surface area (Å²) < 4.78 is 17.5. The third kappa shape index (κ3) is 2.63. The molecule has 2 unspecified atom stereocenters. The molecule has 0 aliphatic carbocycles. The average Bonchev–Trinajstić information content (AvgIpc) is 3.30. The second kappa shape index (κ2) is 7.51. The molecule has 7 heteroatoms. The van der Waals surface area contributed by atoms with Gasteiger partial charge in [0.05, 0.1) is 19.2 Å². The number of hydrogen-bond acceptors (Lipinski definition) is 7. The second-order valence-corrected chi connectivity index (χ2v) is 10.3. The van der Waals surface area contributed by atoms with E-state index in [9.17, 15) is 10.2 Å². The van der Waals surface area contributed by atoms with E-state index in [0.29, 0.717) is 12.2 Å². The van der Waals surface area contributed by atoms with Gasteiger partial charge in [-0.15, -0.1) is 0 Å². The van der Waals surface area contributed by atoms with Crippen LogP contribution in [0.15, 0.2) is 6.07 Å². The van der Waals surface area contributed by atoms with E-state index in [1.54, 1.807) is 7.11 Å². The van der Waals surface area contributed by atoms with Crippen LogP contribution in [-0.4, -0.2) is 59.3 Å². The highest BCUT2D eigenvalue weighted by molar-refractivity contribution is 5.63. The summed E-state index contributed by atoms with van der Waals surface area (Å²) in [4.78, 5) is 4.57. The smallest absolute Gasteiger partial charge is 0.231 e. The number of benzene rings is 2. The van der Waals surface area contributed by atoms with E-state index in [-0.39, 0.29) is 36.7 Å². The molecule has 6 rings (SSSR count). The summed E-state index contributed by atoms with van der Waals surface area (Å²) in [7, 11) is 3.69. The zero-order valence-electron chi connectivity index (χ0n) is 20.8. The molecule has 5 atom stereocenters. The van der Waals surface area contributed by atoms with Crippen molar-refractivity contribution in [2.75, 3.05) is 21.0 Å². The highest BCUT2D eigenvalue weighted by atomic mass is 16.7. The number of aliphatic hydroxyl groups excluding tert-OH is 1. The molecule has 0 amide bonds. The zero-order chi connectivity index (χ0) is 24.0. The highest BCUT2D eigenvalue weighted by Gasteiger charge is 2.55. The minimum atomic E-state index is -0.623. The minimum absolute atomic E-state index is 0.00420. The van der Waals surface area contributed by atoms with Crippen LogP contribution in [0.25, 0.3) is 0 Å². The van der Waals surface area contributed by atoms with Gasteiger partial charge in [-0.25, -0.2) is 0 Å². The molecule has 4 aliphatic heterocycles. The lowest BCUT2D eigenvalue weighted by molar-refractivity contribution is -0.172. The number of aryl methyl sites for hydroxylation is 1. The van der Waals surface area contributed by atoms with E-state index in [1.165, 1.54) is 16.7 Å². The van der Waals surface area contributed by atoms with Gasteiger partial charge in [0, 0.05) is 23.2 Å². The normalized spacial score (nSPS) is 29.4. The highest BCUT2D eigenvalue weighted by Crippen LogP contribution is 2.57. The molecule has 2 aromatic carbocycles. The van der Waals surface area contributed by atoms with E-state index in [0.717, 1.165) is 46.6 Å². The molecule has 2 aromatic rings. The van der Waals surface area contributed by atoms with Crippen molar-refractivity contribution in [3.8, 4) is 23.0 Å². The molecule has 1 saturated heterocycles. The Morgan fingerprint density at radius 2 is 1.79 bits per heavy atom. The number of aliphatic hydroxyl groups is 1. The molecule has 34 heavy (non-hydrogen) atoms. The van der Waals surface area contributed by atoms with Crippen LogP contribution in [0.5, 0.6) is 23.0 Å². The summed E-state index contributed by atoms with van der Waals surface area (Å²) in [5.41, 5.74) is 7.80. The number of ether oxygens (including phenoxy) is 3.